The van der Waals surface area contributed by atoms with Crippen molar-refractivity contribution in [1.29, 1.82) is 0 Å². The number of aliphatic hydroxyl groups excluding tert-OH is 1. The number of aliphatic hydroxyl groups is 1. The van der Waals surface area contributed by atoms with Crippen molar-refractivity contribution in [1.82, 2.24) is 0 Å². The van der Waals surface area contributed by atoms with Crippen LogP contribution in [-0.4, -0.2) is 14.9 Å². The zero-order valence-corrected chi connectivity index (χ0v) is 12.0. The molecular formula is C11H20Br2O. The Bertz CT molecular complexity index is 171. The van der Waals surface area contributed by atoms with Crippen LogP contribution in [0, 0.1) is 11.8 Å². The normalized spacial score (nSPS) is 29.1. The number of rotatable bonds is 7. The van der Waals surface area contributed by atoms with Crippen molar-refractivity contribution in [3.05, 3.63) is 0 Å². The first-order valence-corrected chi connectivity index (χ1v) is 7.21. The van der Waals surface area contributed by atoms with Gasteiger partial charge in [-0.15, -0.1) is 0 Å². The van der Waals surface area contributed by atoms with Gasteiger partial charge in [-0.2, -0.15) is 0 Å². The summed E-state index contributed by atoms with van der Waals surface area (Å²) in [5.41, 5.74) is 0. The molecule has 1 nitrogen and oxygen atoms in total. The third-order valence-electron chi connectivity index (χ3n) is 3.17. The molecule has 1 N–H and O–H groups in total. The minimum Gasteiger partial charge on any atom is -0.396 e. The van der Waals surface area contributed by atoms with Crippen LogP contribution < -0.4 is 0 Å². The highest BCUT2D eigenvalue weighted by Crippen LogP contribution is 2.65. The number of unbranched alkanes of at least 4 members (excludes halogenated alkanes) is 3. The Hall–Kier alpha value is 0.920. The molecule has 84 valence electrons. The third kappa shape index (κ3) is 3.21. The number of alkyl halides is 2. The summed E-state index contributed by atoms with van der Waals surface area (Å²) in [6.07, 6.45) is 7.57. The van der Waals surface area contributed by atoms with Crippen LogP contribution in [0.5, 0.6) is 0 Å². The van der Waals surface area contributed by atoms with Crippen LogP contribution in [0.4, 0.5) is 0 Å². The summed E-state index contributed by atoms with van der Waals surface area (Å²) in [7, 11) is 0. The molecule has 0 amide bonds. The maximum absolute atomic E-state index is 8.89. The van der Waals surface area contributed by atoms with Crippen LogP contribution in [0.15, 0.2) is 0 Å². The lowest BCUT2D eigenvalue weighted by atomic mass is 10.1. The van der Waals surface area contributed by atoms with Gasteiger partial charge in [-0.1, -0.05) is 64.5 Å². The summed E-state index contributed by atoms with van der Waals surface area (Å²) >= 11 is 7.39. The van der Waals surface area contributed by atoms with E-state index in [1.54, 1.807) is 0 Å². The highest BCUT2D eigenvalue weighted by Gasteiger charge is 2.60. The van der Waals surface area contributed by atoms with Gasteiger partial charge in [0.15, 0.2) is 0 Å². The molecular weight excluding hydrogens is 308 g/mol. The van der Waals surface area contributed by atoms with Crippen molar-refractivity contribution in [2.45, 2.75) is 48.7 Å². The molecule has 1 rings (SSSR count). The van der Waals surface area contributed by atoms with E-state index in [2.05, 4.69) is 38.8 Å². The van der Waals surface area contributed by atoms with Gasteiger partial charge in [0.05, 0.1) is 3.23 Å². The second-order valence-electron chi connectivity index (χ2n) is 4.25. The molecule has 0 aromatic rings. The Morgan fingerprint density at radius 3 is 2.29 bits per heavy atom. The standard InChI is InChI=1S/C11H20Br2O/c1-2-3-4-5-6-9-10(7-8-14)11(9,12)13/h9-10,14H,2-8H2,1H3. The predicted molar refractivity (Wildman–Crippen MR) is 68.0 cm³/mol. The Labute approximate surface area is 104 Å². The average Bonchev–Trinajstić information content (AvgIpc) is 2.64. The van der Waals surface area contributed by atoms with Gasteiger partial charge >= 0.3 is 0 Å². The lowest BCUT2D eigenvalue weighted by molar-refractivity contribution is 0.276. The maximum Gasteiger partial charge on any atom is 0.0869 e. The number of hydrogen-bond donors (Lipinski definition) is 1. The second kappa shape index (κ2) is 5.86. The smallest absolute Gasteiger partial charge is 0.0869 e. The quantitative estimate of drug-likeness (QED) is 0.552. The van der Waals surface area contributed by atoms with Crippen molar-refractivity contribution >= 4 is 31.9 Å². The fourth-order valence-electron chi connectivity index (χ4n) is 2.18. The average molecular weight is 328 g/mol. The summed E-state index contributed by atoms with van der Waals surface area (Å²) in [5, 5.41) is 8.89. The zero-order valence-electron chi connectivity index (χ0n) is 8.81. The van der Waals surface area contributed by atoms with Crippen LogP contribution in [0.3, 0.4) is 0 Å². The SMILES string of the molecule is CCCCCCC1C(CCO)C1(Br)Br. The van der Waals surface area contributed by atoms with E-state index in [-0.39, 0.29) is 3.23 Å². The molecule has 3 heteroatoms. The molecule has 0 heterocycles. The second-order valence-corrected chi connectivity index (χ2v) is 7.94. The minimum atomic E-state index is 0.148. The summed E-state index contributed by atoms with van der Waals surface area (Å²) in [5.74, 6) is 1.36. The van der Waals surface area contributed by atoms with E-state index in [1.807, 2.05) is 0 Å². The summed E-state index contributed by atoms with van der Waals surface area (Å²) in [4.78, 5) is 0. The molecule has 1 fully saturated rings. The molecule has 1 saturated carbocycles. The van der Waals surface area contributed by atoms with E-state index < -0.39 is 0 Å². The lowest BCUT2D eigenvalue weighted by Crippen LogP contribution is -1.91. The molecule has 14 heavy (non-hydrogen) atoms. The van der Waals surface area contributed by atoms with Gasteiger partial charge in [-0.25, -0.2) is 0 Å². The first-order valence-electron chi connectivity index (χ1n) is 5.63. The molecule has 0 spiro atoms. The topological polar surface area (TPSA) is 20.2 Å². The fraction of sp³-hybridized carbons (Fsp3) is 1.00. The van der Waals surface area contributed by atoms with Crippen LogP contribution in [0.25, 0.3) is 0 Å². The van der Waals surface area contributed by atoms with Gasteiger partial charge in [-0.3, -0.25) is 0 Å². The predicted octanol–water partition coefficient (Wildman–Crippen LogP) is 4.07. The van der Waals surface area contributed by atoms with Crippen molar-refractivity contribution < 1.29 is 5.11 Å². The first kappa shape index (κ1) is 13.0. The highest BCUT2D eigenvalue weighted by molar-refractivity contribution is 9.25. The van der Waals surface area contributed by atoms with Crippen molar-refractivity contribution in [3.63, 3.8) is 0 Å². The van der Waals surface area contributed by atoms with Crippen LogP contribution in [-0.2, 0) is 0 Å². The molecule has 0 aliphatic heterocycles. The van der Waals surface area contributed by atoms with Gasteiger partial charge < -0.3 is 5.11 Å². The van der Waals surface area contributed by atoms with E-state index in [1.165, 1.54) is 32.1 Å². The van der Waals surface area contributed by atoms with Gasteiger partial charge in [0.1, 0.15) is 0 Å². The van der Waals surface area contributed by atoms with Gasteiger partial charge in [0.2, 0.25) is 0 Å². The van der Waals surface area contributed by atoms with Crippen molar-refractivity contribution in [2.24, 2.45) is 11.8 Å². The molecule has 2 atom stereocenters. The third-order valence-corrected chi connectivity index (χ3v) is 5.53. The largest absolute Gasteiger partial charge is 0.396 e. The summed E-state index contributed by atoms with van der Waals surface area (Å²) < 4.78 is 0.148. The zero-order chi connectivity index (χ0) is 10.6. The van der Waals surface area contributed by atoms with E-state index in [4.69, 9.17) is 5.11 Å². The van der Waals surface area contributed by atoms with E-state index in [0.717, 1.165) is 12.3 Å². The van der Waals surface area contributed by atoms with E-state index in [0.29, 0.717) is 12.5 Å². The Morgan fingerprint density at radius 1 is 1.07 bits per heavy atom. The van der Waals surface area contributed by atoms with Gasteiger partial charge in [-0.05, 0) is 24.7 Å². The molecule has 1 aliphatic carbocycles. The first-order chi connectivity index (χ1) is 6.64. The van der Waals surface area contributed by atoms with Crippen molar-refractivity contribution in [2.75, 3.05) is 6.61 Å². The van der Waals surface area contributed by atoms with Gasteiger partial charge in [0.25, 0.3) is 0 Å². The Balaban J connectivity index is 2.13. The molecule has 0 aromatic heterocycles. The molecule has 0 saturated heterocycles. The maximum atomic E-state index is 8.89. The lowest BCUT2D eigenvalue weighted by Gasteiger charge is -1.99. The molecule has 0 bridgehead atoms. The molecule has 1 aliphatic rings. The number of halogens is 2. The monoisotopic (exact) mass is 326 g/mol. The van der Waals surface area contributed by atoms with Crippen LogP contribution >= 0.6 is 31.9 Å². The Morgan fingerprint density at radius 2 is 1.71 bits per heavy atom. The van der Waals surface area contributed by atoms with Crippen molar-refractivity contribution in [3.8, 4) is 0 Å². The summed E-state index contributed by atoms with van der Waals surface area (Å²) in [6.45, 7) is 2.56. The van der Waals surface area contributed by atoms with Crippen LogP contribution in [0.1, 0.15) is 45.4 Å². The fourth-order valence-corrected chi connectivity index (χ4v) is 4.11. The minimum absolute atomic E-state index is 0.148. The molecule has 2 unspecified atom stereocenters. The van der Waals surface area contributed by atoms with Crippen LogP contribution in [0.2, 0.25) is 0 Å². The number of hydrogen-bond acceptors (Lipinski definition) is 1. The van der Waals surface area contributed by atoms with E-state index >= 15 is 0 Å². The molecule has 0 aromatic carbocycles. The highest BCUT2D eigenvalue weighted by atomic mass is 79.9. The summed E-state index contributed by atoms with van der Waals surface area (Å²) in [6, 6.07) is 0. The Kier molecular flexibility index (Phi) is 5.43. The van der Waals surface area contributed by atoms with Gasteiger partial charge in [0, 0.05) is 6.61 Å². The molecule has 0 radical (unpaired) electrons. The van der Waals surface area contributed by atoms with E-state index in [9.17, 15) is 0 Å².